The molecule has 2 N–H and O–H groups in total. The summed E-state index contributed by atoms with van der Waals surface area (Å²) >= 11 is 0. The molecule has 1 aromatic carbocycles. The largest absolute Gasteiger partial charge is 0.493 e. The maximum atomic E-state index is 12.0. The number of sulfonamides is 1. The normalized spacial score (nSPS) is 10.6. The number of nitrogens with one attached hydrogen (secondary N) is 1. The monoisotopic (exact) mass is 311 g/mol. The van der Waals surface area contributed by atoms with E-state index in [1.165, 1.54) is 12.1 Å². The van der Waals surface area contributed by atoms with Gasteiger partial charge in [-0.05, 0) is 32.0 Å². The Balaban J connectivity index is 3.03. The van der Waals surface area contributed by atoms with Gasteiger partial charge in [-0.2, -0.15) is 0 Å². The lowest BCUT2D eigenvalue weighted by Crippen LogP contribution is -2.25. The fourth-order valence-corrected chi connectivity index (χ4v) is 2.64. The zero-order valence-electron chi connectivity index (χ0n) is 11.8. The number of carbonyl (C=O) groups is 1. The van der Waals surface area contributed by atoms with Crippen LogP contribution in [0.4, 0.5) is 0 Å². The summed E-state index contributed by atoms with van der Waals surface area (Å²) in [5.74, 6) is 4.29. The summed E-state index contributed by atoms with van der Waals surface area (Å²) < 4.78 is 31.6. The maximum Gasteiger partial charge on any atom is 0.339 e. The molecule has 0 atom stereocenters. The van der Waals surface area contributed by atoms with Gasteiger partial charge >= 0.3 is 5.97 Å². The van der Waals surface area contributed by atoms with Crippen molar-refractivity contribution in [2.45, 2.75) is 25.2 Å². The molecule has 114 valence electrons. The van der Waals surface area contributed by atoms with Crippen molar-refractivity contribution in [2.75, 3.05) is 13.2 Å². The van der Waals surface area contributed by atoms with Crippen molar-refractivity contribution in [3.63, 3.8) is 0 Å². The Morgan fingerprint density at radius 2 is 2.14 bits per heavy atom. The predicted octanol–water partition coefficient (Wildman–Crippen LogP) is 1.48. The van der Waals surface area contributed by atoms with E-state index in [0.29, 0.717) is 13.0 Å². The number of rotatable bonds is 7. The minimum atomic E-state index is -3.77. The van der Waals surface area contributed by atoms with Gasteiger partial charge in [0.05, 0.1) is 11.5 Å². The van der Waals surface area contributed by atoms with E-state index in [1.54, 1.807) is 13.8 Å². The van der Waals surface area contributed by atoms with Gasteiger partial charge in [-0.15, -0.1) is 11.8 Å². The van der Waals surface area contributed by atoms with Crippen LogP contribution in [0.2, 0.25) is 0 Å². The van der Waals surface area contributed by atoms with Gasteiger partial charge in [-0.1, -0.05) is 0 Å². The van der Waals surface area contributed by atoms with E-state index in [1.807, 2.05) is 0 Å². The van der Waals surface area contributed by atoms with Gasteiger partial charge in [0, 0.05) is 13.0 Å². The Bertz CT molecular complexity index is 670. The van der Waals surface area contributed by atoms with Crippen molar-refractivity contribution in [3.8, 4) is 17.6 Å². The maximum absolute atomic E-state index is 12.0. The van der Waals surface area contributed by atoms with Crippen LogP contribution in [0.15, 0.2) is 23.1 Å². The molecule has 0 saturated carbocycles. The molecule has 7 heteroatoms. The van der Waals surface area contributed by atoms with Crippen LogP contribution in [-0.2, 0) is 10.0 Å². The molecule has 0 aliphatic rings. The second kappa shape index (κ2) is 7.67. The Hall–Kier alpha value is -2.04. The second-order valence-corrected chi connectivity index (χ2v) is 5.74. The minimum Gasteiger partial charge on any atom is -0.493 e. The summed E-state index contributed by atoms with van der Waals surface area (Å²) in [6, 6.07) is 3.74. The first-order valence-electron chi connectivity index (χ1n) is 6.31. The summed E-state index contributed by atoms with van der Waals surface area (Å²) in [4.78, 5) is 11.0. The van der Waals surface area contributed by atoms with E-state index in [9.17, 15) is 13.2 Å². The second-order valence-electron chi connectivity index (χ2n) is 3.97. The SMILES string of the molecule is CC#CCCNS(=O)(=O)c1ccc(OCC)c(C(=O)O)c1. The third-order valence-electron chi connectivity index (χ3n) is 2.51. The standard InChI is InChI=1S/C14H17NO5S/c1-3-5-6-9-15-21(18,19)11-7-8-13(20-4-2)12(10-11)14(16)17/h7-8,10,15H,4,6,9H2,1-2H3,(H,16,17). The van der Waals surface area contributed by atoms with Crippen molar-refractivity contribution >= 4 is 16.0 Å². The molecule has 0 aliphatic carbocycles. The van der Waals surface area contributed by atoms with Crippen molar-refractivity contribution < 1.29 is 23.1 Å². The lowest BCUT2D eigenvalue weighted by atomic mass is 10.2. The van der Waals surface area contributed by atoms with E-state index in [2.05, 4.69) is 16.6 Å². The topological polar surface area (TPSA) is 92.7 Å². The Morgan fingerprint density at radius 3 is 2.71 bits per heavy atom. The molecule has 0 amide bonds. The van der Waals surface area contributed by atoms with Crippen molar-refractivity contribution in [2.24, 2.45) is 0 Å². The summed E-state index contributed by atoms with van der Waals surface area (Å²) in [6.07, 6.45) is 0.387. The first kappa shape index (κ1) is 17.0. The molecule has 0 aromatic heterocycles. The lowest BCUT2D eigenvalue weighted by Gasteiger charge is -2.10. The zero-order valence-corrected chi connectivity index (χ0v) is 12.7. The fourth-order valence-electron chi connectivity index (χ4n) is 1.58. The molecule has 6 nitrogen and oxygen atoms in total. The molecule has 0 saturated heterocycles. The molecule has 21 heavy (non-hydrogen) atoms. The fraction of sp³-hybridized carbons (Fsp3) is 0.357. The van der Waals surface area contributed by atoms with Crippen LogP contribution >= 0.6 is 0 Å². The number of hydrogen-bond acceptors (Lipinski definition) is 4. The number of carboxylic acids is 1. The highest BCUT2D eigenvalue weighted by molar-refractivity contribution is 7.89. The number of aromatic carboxylic acids is 1. The van der Waals surface area contributed by atoms with Crippen molar-refractivity contribution in [3.05, 3.63) is 23.8 Å². The van der Waals surface area contributed by atoms with Gasteiger partial charge in [-0.3, -0.25) is 0 Å². The Labute approximate surface area is 124 Å². The smallest absolute Gasteiger partial charge is 0.339 e. The highest BCUT2D eigenvalue weighted by Crippen LogP contribution is 2.22. The van der Waals surface area contributed by atoms with E-state index in [4.69, 9.17) is 9.84 Å². The van der Waals surface area contributed by atoms with Crippen LogP contribution in [0.3, 0.4) is 0 Å². The zero-order chi connectivity index (χ0) is 15.9. The molecule has 0 fully saturated rings. The average molecular weight is 311 g/mol. The quantitative estimate of drug-likeness (QED) is 0.587. The summed E-state index contributed by atoms with van der Waals surface area (Å²) in [6.45, 7) is 3.84. The van der Waals surface area contributed by atoms with Gasteiger partial charge in [0.2, 0.25) is 10.0 Å². The number of carboxylic acid groups (broad SMARTS) is 1. The minimum absolute atomic E-state index is 0.118. The molecule has 0 bridgehead atoms. The predicted molar refractivity (Wildman–Crippen MR) is 77.8 cm³/mol. The molecule has 1 rings (SSSR count). The third kappa shape index (κ3) is 4.77. The number of hydrogen-bond donors (Lipinski definition) is 2. The van der Waals surface area contributed by atoms with Crippen LogP contribution in [-0.4, -0.2) is 32.6 Å². The van der Waals surface area contributed by atoms with Crippen molar-refractivity contribution in [1.82, 2.24) is 4.72 Å². The van der Waals surface area contributed by atoms with E-state index in [0.717, 1.165) is 6.07 Å². The highest BCUT2D eigenvalue weighted by atomic mass is 32.2. The molecule has 0 spiro atoms. The van der Waals surface area contributed by atoms with E-state index in [-0.39, 0.29) is 22.8 Å². The molecule has 1 aromatic rings. The Morgan fingerprint density at radius 1 is 1.43 bits per heavy atom. The van der Waals surface area contributed by atoms with Crippen molar-refractivity contribution in [1.29, 1.82) is 0 Å². The molecular formula is C14H17NO5S. The third-order valence-corrected chi connectivity index (χ3v) is 3.97. The first-order chi connectivity index (χ1) is 9.92. The molecule has 0 unspecified atom stereocenters. The summed E-state index contributed by atoms with van der Waals surface area (Å²) in [7, 11) is -3.77. The summed E-state index contributed by atoms with van der Waals surface area (Å²) in [5.41, 5.74) is -0.187. The van der Waals surface area contributed by atoms with Gasteiger partial charge < -0.3 is 9.84 Å². The Kier molecular flexibility index (Phi) is 6.21. The van der Waals surface area contributed by atoms with Crippen LogP contribution in [0.1, 0.15) is 30.6 Å². The highest BCUT2D eigenvalue weighted by Gasteiger charge is 2.19. The molecule has 0 radical (unpaired) electrons. The number of benzene rings is 1. The summed E-state index contributed by atoms with van der Waals surface area (Å²) in [5, 5.41) is 9.12. The van der Waals surface area contributed by atoms with Gasteiger partial charge in [0.25, 0.3) is 0 Å². The van der Waals surface area contributed by atoms with E-state index >= 15 is 0 Å². The molecular weight excluding hydrogens is 294 g/mol. The molecule has 0 aliphatic heterocycles. The first-order valence-corrected chi connectivity index (χ1v) is 7.80. The van der Waals surface area contributed by atoms with E-state index < -0.39 is 16.0 Å². The van der Waals surface area contributed by atoms with Gasteiger partial charge in [0.15, 0.2) is 0 Å². The number of ether oxygens (including phenoxy) is 1. The van der Waals surface area contributed by atoms with Crippen LogP contribution < -0.4 is 9.46 Å². The van der Waals surface area contributed by atoms with Gasteiger partial charge in [-0.25, -0.2) is 17.9 Å². The average Bonchev–Trinajstić information content (AvgIpc) is 2.44. The lowest BCUT2D eigenvalue weighted by molar-refractivity contribution is 0.0692. The van der Waals surface area contributed by atoms with Gasteiger partial charge in [0.1, 0.15) is 11.3 Å². The van der Waals surface area contributed by atoms with Crippen LogP contribution in [0.25, 0.3) is 0 Å². The van der Waals surface area contributed by atoms with Crippen LogP contribution in [0, 0.1) is 11.8 Å². The van der Waals surface area contributed by atoms with Crippen LogP contribution in [0.5, 0.6) is 5.75 Å². The molecule has 0 heterocycles.